The summed E-state index contributed by atoms with van der Waals surface area (Å²) in [5, 5.41) is 3.09. The van der Waals surface area contributed by atoms with E-state index in [1.165, 1.54) is 6.07 Å². The Balaban J connectivity index is 2.69. The average Bonchev–Trinajstić information content (AvgIpc) is 2.23. The van der Waals surface area contributed by atoms with E-state index in [1.54, 1.807) is 0 Å². The van der Waals surface area contributed by atoms with E-state index in [2.05, 4.69) is 26.0 Å². The molecule has 0 atom stereocenters. The first-order valence-corrected chi connectivity index (χ1v) is 7.78. The summed E-state index contributed by atoms with van der Waals surface area (Å²) in [6.45, 7) is 4.77. The summed E-state index contributed by atoms with van der Waals surface area (Å²) < 4.78 is 39.4. The molecule has 7 heteroatoms. The molecule has 0 aliphatic heterocycles. The number of rotatable bonds is 6. The summed E-state index contributed by atoms with van der Waals surface area (Å²) in [5.41, 5.74) is 0. The van der Waals surface area contributed by atoms with Crippen LogP contribution in [0.1, 0.15) is 13.8 Å². The molecule has 2 N–H and O–H groups in total. The van der Waals surface area contributed by atoms with Gasteiger partial charge in [-0.25, -0.2) is 17.5 Å². The van der Waals surface area contributed by atoms with Crippen molar-refractivity contribution in [3.05, 3.63) is 28.5 Å². The van der Waals surface area contributed by atoms with Crippen LogP contribution in [0.2, 0.25) is 0 Å². The van der Waals surface area contributed by atoms with Gasteiger partial charge in [-0.05, 0) is 34.1 Å². The number of nitrogens with one attached hydrogen (secondary N) is 2. The van der Waals surface area contributed by atoms with Crippen LogP contribution in [0.3, 0.4) is 0 Å². The van der Waals surface area contributed by atoms with Gasteiger partial charge in [0.2, 0.25) is 10.0 Å². The minimum atomic E-state index is -3.61. The SMILES string of the molecule is CC(C)NCCNS(=O)(=O)c1ccc(F)cc1Br. The van der Waals surface area contributed by atoms with Crippen LogP contribution in [0, 0.1) is 5.82 Å². The van der Waals surface area contributed by atoms with Crippen LogP contribution >= 0.6 is 15.9 Å². The molecular weight excluding hydrogens is 323 g/mol. The Morgan fingerprint density at radius 3 is 2.56 bits per heavy atom. The lowest BCUT2D eigenvalue weighted by Gasteiger charge is -2.10. The Labute approximate surface area is 115 Å². The number of hydrogen-bond donors (Lipinski definition) is 2. The van der Waals surface area contributed by atoms with Gasteiger partial charge < -0.3 is 5.32 Å². The van der Waals surface area contributed by atoms with Crippen molar-refractivity contribution in [1.82, 2.24) is 10.0 Å². The maximum Gasteiger partial charge on any atom is 0.241 e. The molecule has 0 spiro atoms. The molecular formula is C11H16BrFN2O2S. The molecule has 4 nitrogen and oxygen atoms in total. The van der Waals surface area contributed by atoms with Crippen molar-refractivity contribution in [1.29, 1.82) is 0 Å². The fourth-order valence-corrected chi connectivity index (χ4v) is 3.40. The van der Waals surface area contributed by atoms with Crippen LogP contribution in [0.15, 0.2) is 27.6 Å². The van der Waals surface area contributed by atoms with E-state index in [9.17, 15) is 12.8 Å². The summed E-state index contributed by atoms with van der Waals surface area (Å²) in [6, 6.07) is 3.77. The monoisotopic (exact) mass is 338 g/mol. The predicted octanol–water partition coefficient (Wildman–Crippen LogP) is 1.86. The second-order valence-corrected chi connectivity index (χ2v) is 6.67. The van der Waals surface area contributed by atoms with Gasteiger partial charge in [-0.15, -0.1) is 0 Å². The summed E-state index contributed by atoms with van der Waals surface area (Å²) in [6.07, 6.45) is 0. The molecule has 0 saturated heterocycles. The zero-order valence-electron chi connectivity index (χ0n) is 10.2. The molecule has 0 unspecified atom stereocenters. The molecule has 1 aromatic carbocycles. The van der Waals surface area contributed by atoms with Gasteiger partial charge in [0.15, 0.2) is 0 Å². The molecule has 0 amide bonds. The third-order valence-corrected chi connectivity index (χ3v) is 4.59. The number of sulfonamides is 1. The number of benzene rings is 1. The molecule has 102 valence electrons. The second-order valence-electron chi connectivity index (χ2n) is 4.08. The molecule has 18 heavy (non-hydrogen) atoms. The van der Waals surface area contributed by atoms with Crippen LogP contribution in [0.4, 0.5) is 4.39 Å². The topological polar surface area (TPSA) is 58.2 Å². The maximum absolute atomic E-state index is 12.9. The minimum Gasteiger partial charge on any atom is -0.313 e. The Morgan fingerprint density at radius 2 is 2.00 bits per heavy atom. The van der Waals surface area contributed by atoms with E-state index in [0.717, 1.165) is 12.1 Å². The van der Waals surface area contributed by atoms with Crippen molar-refractivity contribution < 1.29 is 12.8 Å². The normalized spacial score (nSPS) is 12.1. The molecule has 0 radical (unpaired) electrons. The van der Waals surface area contributed by atoms with Gasteiger partial charge in [0.1, 0.15) is 5.82 Å². The first kappa shape index (κ1) is 15.6. The Bertz CT molecular complexity index is 506. The van der Waals surface area contributed by atoms with Gasteiger partial charge in [-0.2, -0.15) is 0 Å². The molecule has 0 saturated carbocycles. The summed E-state index contributed by atoms with van der Waals surface area (Å²) in [4.78, 5) is 0.0356. The van der Waals surface area contributed by atoms with Gasteiger partial charge in [-0.1, -0.05) is 13.8 Å². The van der Waals surface area contributed by atoms with Gasteiger partial charge >= 0.3 is 0 Å². The Morgan fingerprint density at radius 1 is 1.33 bits per heavy atom. The Kier molecular flexibility index (Phi) is 5.71. The lowest BCUT2D eigenvalue weighted by atomic mass is 10.3. The van der Waals surface area contributed by atoms with E-state index in [-0.39, 0.29) is 15.9 Å². The number of hydrogen-bond acceptors (Lipinski definition) is 3. The predicted molar refractivity (Wildman–Crippen MR) is 72.4 cm³/mol. The summed E-state index contributed by atoms with van der Waals surface area (Å²) in [7, 11) is -3.61. The van der Waals surface area contributed by atoms with Crippen molar-refractivity contribution in [3.8, 4) is 0 Å². The largest absolute Gasteiger partial charge is 0.313 e. The lowest BCUT2D eigenvalue weighted by Crippen LogP contribution is -2.34. The van der Waals surface area contributed by atoms with Crippen molar-refractivity contribution >= 4 is 26.0 Å². The van der Waals surface area contributed by atoms with E-state index >= 15 is 0 Å². The highest BCUT2D eigenvalue weighted by atomic mass is 79.9. The van der Waals surface area contributed by atoms with Gasteiger partial charge in [0.05, 0.1) is 4.90 Å². The van der Waals surface area contributed by atoms with Crippen LogP contribution in [0.25, 0.3) is 0 Å². The van der Waals surface area contributed by atoms with E-state index in [1.807, 2.05) is 13.8 Å². The van der Waals surface area contributed by atoms with Gasteiger partial charge in [0.25, 0.3) is 0 Å². The zero-order chi connectivity index (χ0) is 13.8. The van der Waals surface area contributed by atoms with E-state index in [0.29, 0.717) is 12.6 Å². The first-order chi connectivity index (χ1) is 8.33. The van der Waals surface area contributed by atoms with Gasteiger partial charge in [0, 0.05) is 23.6 Å². The van der Waals surface area contributed by atoms with Crippen molar-refractivity contribution in [2.75, 3.05) is 13.1 Å². The summed E-state index contributed by atoms with van der Waals surface area (Å²) in [5.74, 6) is -0.484. The fourth-order valence-electron chi connectivity index (χ4n) is 1.32. The first-order valence-electron chi connectivity index (χ1n) is 5.51. The molecule has 0 bridgehead atoms. The number of halogens is 2. The molecule has 1 rings (SSSR count). The van der Waals surface area contributed by atoms with Crippen LogP contribution in [0.5, 0.6) is 0 Å². The highest BCUT2D eigenvalue weighted by molar-refractivity contribution is 9.10. The standard InChI is InChI=1S/C11H16BrFN2O2S/c1-8(2)14-5-6-15-18(16,17)11-4-3-9(13)7-10(11)12/h3-4,7-8,14-15H,5-6H2,1-2H3. The van der Waals surface area contributed by atoms with E-state index < -0.39 is 15.8 Å². The third-order valence-electron chi connectivity index (χ3n) is 2.15. The quantitative estimate of drug-likeness (QED) is 0.778. The second kappa shape index (κ2) is 6.60. The smallest absolute Gasteiger partial charge is 0.241 e. The van der Waals surface area contributed by atoms with Gasteiger partial charge in [-0.3, -0.25) is 0 Å². The van der Waals surface area contributed by atoms with Crippen molar-refractivity contribution in [2.45, 2.75) is 24.8 Å². The minimum absolute atomic E-state index is 0.0356. The van der Waals surface area contributed by atoms with Crippen LogP contribution < -0.4 is 10.0 Å². The highest BCUT2D eigenvalue weighted by Gasteiger charge is 2.17. The molecule has 0 aliphatic carbocycles. The maximum atomic E-state index is 12.9. The molecule has 0 heterocycles. The van der Waals surface area contributed by atoms with Crippen LogP contribution in [-0.2, 0) is 10.0 Å². The summed E-state index contributed by atoms with van der Waals surface area (Å²) >= 11 is 3.04. The fraction of sp³-hybridized carbons (Fsp3) is 0.455. The third kappa shape index (κ3) is 4.64. The molecule has 0 aromatic heterocycles. The molecule has 0 aliphatic rings. The highest BCUT2D eigenvalue weighted by Crippen LogP contribution is 2.22. The lowest BCUT2D eigenvalue weighted by molar-refractivity contribution is 0.559. The van der Waals surface area contributed by atoms with Crippen LogP contribution in [-0.4, -0.2) is 27.5 Å². The van der Waals surface area contributed by atoms with E-state index in [4.69, 9.17) is 0 Å². The average molecular weight is 339 g/mol. The zero-order valence-corrected chi connectivity index (χ0v) is 12.6. The molecule has 0 fully saturated rings. The molecule has 1 aromatic rings. The van der Waals surface area contributed by atoms with Crippen molar-refractivity contribution in [2.24, 2.45) is 0 Å². The van der Waals surface area contributed by atoms with Crippen molar-refractivity contribution in [3.63, 3.8) is 0 Å². The Hall–Kier alpha value is -0.500.